The molecule has 138 valence electrons. The highest BCUT2D eigenvalue weighted by atomic mass is 16.8. The smallest absolute Gasteiger partial charge is 0.338 e. The monoisotopic (exact) mass is 348 g/mol. The largest absolute Gasteiger partial charge is 0.459 e. The molecule has 2 aliphatic rings. The lowest BCUT2D eigenvalue weighted by Gasteiger charge is -2.18. The van der Waals surface area contributed by atoms with Gasteiger partial charge in [-0.2, -0.15) is 0 Å². The Kier molecular flexibility index (Phi) is 6.84. The molecule has 0 amide bonds. The van der Waals surface area contributed by atoms with E-state index in [2.05, 4.69) is 6.92 Å². The number of carbonyl (C=O) groups is 1. The number of rotatable bonds is 11. The number of ether oxygens (including phenoxy) is 4. The van der Waals surface area contributed by atoms with Gasteiger partial charge in [-0.3, -0.25) is 0 Å². The van der Waals surface area contributed by atoms with Crippen LogP contribution >= 0.6 is 0 Å². The molecule has 2 aliphatic heterocycles. The second-order valence-corrected chi connectivity index (χ2v) is 6.71. The van der Waals surface area contributed by atoms with E-state index in [4.69, 9.17) is 18.9 Å². The molecule has 2 saturated heterocycles. The third-order valence-electron chi connectivity index (χ3n) is 4.67. The Morgan fingerprint density at radius 3 is 2.56 bits per heavy atom. The summed E-state index contributed by atoms with van der Waals surface area (Å²) in [5.74, 6) is -0.335. The molecule has 0 bridgehead atoms. The summed E-state index contributed by atoms with van der Waals surface area (Å²) in [4.78, 5) is 12.0. The van der Waals surface area contributed by atoms with Crippen LogP contribution in [0, 0.1) is 0 Å². The number of carbonyl (C=O) groups excluding carboxylic acids is 1. The fourth-order valence-electron chi connectivity index (χ4n) is 3.15. The van der Waals surface area contributed by atoms with Gasteiger partial charge in [-0.15, -0.1) is 0 Å². The maximum Gasteiger partial charge on any atom is 0.338 e. The molecule has 0 saturated carbocycles. The average Bonchev–Trinajstić information content (AvgIpc) is 3.37. The summed E-state index contributed by atoms with van der Waals surface area (Å²) >= 11 is 0. The SMILES string of the molecule is CCCCCCCCO[C@H]1O[C@H](COC(=O)c2ccccc2)[C@@H]2O[C@H]12. The van der Waals surface area contributed by atoms with Crippen molar-refractivity contribution in [3.05, 3.63) is 35.9 Å². The van der Waals surface area contributed by atoms with E-state index in [9.17, 15) is 4.79 Å². The number of epoxide rings is 1. The number of esters is 1. The molecule has 0 aliphatic carbocycles. The lowest BCUT2D eigenvalue weighted by atomic mass is 10.1. The first-order valence-corrected chi connectivity index (χ1v) is 9.44. The van der Waals surface area contributed by atoms with Gasteiger partial charge in [0.05, 0.1) is 5.56 Å². The third-order valence-corrected chi connectivity index (χ3v) is 4.67. The highest BCUT2D eigenvalue weighted by Crippen LogP contribution is 2.40. The van der Waals surface area contributed by atoms with Crippen molar-refractivity contribution in [2.75, 3.05) is 13.2 Å². The summed E-state index contributed by atoms with van der Waals surface area (Å²) in [5, 5.41) is 0. The summed E-state index contributed by atoms with van der Waals surface area (Å²) < 4.78 is 22.6. The van der Waals surface area contributed by atoms with Gasteiger partial charge < -0.3 is 18.9 Å². The van der Waals surface area contributed by atoms with Crippen LogP contribution in [0.5, 0.6) is 0 Å². The first-order chi connectivity index (χ1) is 12.3. The normalized spacial score (nSPS) is 27.1. The lowest BCUT2D eigenvalue weighted by Crippen LogP contribution is -2.27. The zero-order valence-corrected chi connectivity index (χ0v) is 14.9. The van der Waals surface area contributed by atoms with Gasteiger partial charge in [-0.1, -0.05) is 57.2 Å². The topological polar surface area (TPSA) is 57.3 Å². The van der Waals surface area contributed by atoms with E-state index in [0.29, 0.717) is 12.2 Å². The molecule has 0 N–H and O–H groups in total. The van der Waals surface area contributed by atoms with E-state index in [0.717, 1.165) is 6.42 Å². The van der Waals surface area contributed by atoms with Crippen molar-refractivity contribution < 1.29 is 23.7 Å². The van der Waals surface area contributed by atoms with Crippen LogP contribution in [0.4, 0.5) is 0 Å². The number of unbranched alkanes of at least 4 members (excludes halogenated alkanes) is 5. The van der Waals surface area contributed by atoms with Crippen molar-refractivity contribution in [3.8, 4) is 0 Å². The predicted octanol–water partition coefficient (Wildman–Crippen LogP) is 3.71. The molecule has 5 nitrogen and oxygen atoms in total. The first-order valence-electron chi connectivity index (χ1n) is 9.44. The molecule has 3 rings (SSSR count). The molecule has 2 fully saturated rings. The van der Waals surface area contributed by atoms with Crippen molar-refractivity contribution in [3.63, 3.8) is 0 Å². The average molecular weight is 348 g/mol. The summed E-state index contributed by atoms with van der Waals surface area (Å²) in [6.07, 6.45) is 6.85. The zero-order chi connectivity index (χ0) is 17.5. The Morgan fingerprint density at radius 2 is 1.76 bits per heavy atom. The van der Waals surface area contributed by atoms with Crippen molar-refractivity contribution in [1.82, 2.24) is 0 Å². The molecule has 2 heterocycles. The molecular formula is C20H28O5. The standard InChI is InChI=1S/C20H28O5/c1-2-3-4-5-6-10-13-22-20-18-17(25-18)16(24-20)14-23-19(21)15-11-8-7-9-12-15/h7-9,11-12,16-18,20H,2-6,10,13-14H2,1H3/t16-,17+,18+,20+/m1/s1. The molecule has 25 heavy (non-hydrogen) atoms. The van der Waals surface area contributed by atoms with Crippen molar-refractivity contribution in [2.24, 2.45) is 0 Å². The van der Waals surface area contributed by atoms with Gasteiger partial charge in [-0.05, 0) is 18.6 Å². The zero-order valence-electron chi connectivity index (χ0n) is 14.9. The van der Waals surface area contributed by atoms with E-state index in [1.54, 1.807) is 12.1 Å². The predicted molar refractivity (Wildman–Crippen MR) is 93.4 cm³/mol. The van der Waals surface area contributed by atoms with E-state index < -0.39 is 0 Å². The summed E-state index contributed by atoms with van der Waals surface area (Å²) in [6, 6.07) is 8.97. The van der Waals surface area contributed by atoms with E-state index >= 15 is 0 Å². The van der Waals surface area contributed by atoms with Gasteiger partial charge in [0.1, 0.15) is 24.9 Å². The first kappa shape index (κ1) is 18.4. The van der Waals surface area contributed by atoms with Crippen LogP contribution in [0.25, 0.3) is 0 Å². The fraction of sp³-hybridized carbons (Fsp3) is 0.650. The summed E-state index contributed by atoms with van der Waals surface area (Å²) in [7, 11) is 0. The summed E-state index contributed by atoms with van der Waals surface area (Å²) in [6.45, 7) is 3.12. The van der Waals surface area contributed by atoms with Crippen LogP contribution in [0.1, 0.15) is 55.8 Å². The highest BCUT2D eigenvalue weighted by Gasteiger charge is 2.59. The van der Waals surface area contributed by atoms with Crippen molar-refractivity contribution in [2.45, 2.75) is 70.1 Å². The Bertz CT molecular complexity index is 532. The molecule has 5 heteroatoms. The Morgan fingerprint density at radius 1 is 1.00 bits per heavy atom. The maximum atomic E-state index is 12.0. The number of hydrogen-bond acceptors (Lipinski definition) is 5. The molecule has 0 unspecified atom stereocenters. The van der Waals surface area contributed by atoms with E-state index in [1.807, 2.05) is 18.2 Å². The minimum absolute atomic E-state index is 0.000480. The van der Waals surface area contributed by atoms with Gasteiger partial charge in [0.2, 0.25) is 0 Å². The van der Waals surface area contributed by atoms with Gasteiger partial charge in [0, 0.05) is 6.61 Å². The number of hydrogen-bond donors (Lipinski definition) is 0. The summed E-state index contributed by atoms with van der Waals surface area (Å²) in [5.41, 5.74) is 0.546. The second kappa shape index (κ2) is 9.32. The highest BCUT2D eigenvalue weighted by molar-refractivity contribution is 5.89. The number of fused-ring (bicyclic) bond motifs is 1. The van der Waals surface area contributed by atoms with Crippen LogP contribution in [-0.4, -0.2) is 43.8 Å². The molecule has 0 spiro atoms. The fourth-order valence-corrected chi connectivity index (χ4v) is 3.15. The van der Waals surface area contributed by atoms with Crippen LogP contribution in [0.3, 0.4) is 0 Å². The molecule has 0 aromatic heterocycles. The molecule has 0 radical (unpaired) electrons. The second-order valence-electron chi connectivity index (χ2n) is 6.71. The van der Waals surface area contributed by atoms with Crippen LogP contribution in [0.2, 0.25) is 0 Å². The van der Waals surface area contributed by atoms with Gasteiger partial charge in [-0.25, -0.2) is 4.79 Å². The van der Waals surface area contributed by atoms with Crippen molar-refractivity contribution in [1.29, 1.82) is 0 Å². The van der Waals surface area contributed by atoms with Gasteiger partial charge >= 0.3 is 5.97 Å². The minimum atomic E-state index is -0.335. The minimum Gasteiger partial charge on any atom is -0.459 e. The Balaban J connectivity index is 1.30. The quantitative estimate of drug-likeness (QED) is 0.347. The van der Waals surface area contributed by atoms with E-state index in [-0.39, 0.29) is 37.2 Å². The van der Waals surface area contributed by atoms with E-state index in [1.165, 1.54) is 32.1 Å². The number of benzene rings is 1. The Hall–Kier alpha value is -1.43. The molecule has 4 atom stereocenters. The van der Waals surface area contributed by atoms with Gasteiger partial charge in [0.15, 0.2) is 6.29 Å². The lowest BCUT2D eigenvalue weighted by molar-refractivity contribution is -0.180. The van der Waals surface area contributed by atoms with Crippen LogP contribution in [-0.2, 0) is 18.9 Å². The van der Waals surface area contributed by atoms with Crippen molar-refractivity contribution >= 4 is 5.97 Å². The van der Waals surface area contributed by atoms with Gasteiger partial charge in [0.25, 0.3) is 0 Å². The molecular weight excluding hydrogens is 320 g/mol. The third kappa shape index (κ3) is 5.27. The van der Waals surface area contributed by atoms with Crippen LogP contribution < -0.4 is 0 Å². The maximum absolute atomic E-state index is 12.0. The van der Waals surface area contributed by atoms with Crippen LogP contribution in [0.15, 0.2) is 30.3 Å². The molecule has 1 aromatic carbocycles. The molecule has 1 aromatic rings. The Labute approximate surface area is 149 Å².